The maximum absolute atomic E-state index is 12.9. The van der Waals surface area contributed by atoms with E-state index >= 15 is 0 Å². The first-order chi connectivity index (χ1) is 17.8. The maximum atomic E-state index is 12.9. The summed E-state index contributed by atoms with van der Waals surface area (Å²) < 4.78 is 10.9. The van der Waals surface area contributed by atoms with Crippen molar-refractivity contribution in [1.82, 2.24) is 5.32 Å². The van der Waals surface area contributed by atoms with Gasteiger partial charge in [-0.25, -0.2) is 0 Å². The summed E-state index contributed by atoms with van der Waals surface area (Å²) in [5, 5.41) is 18.4. The topological polar surface area (TPSA) is 160 Å². The standard InChI is InChI=1S/C27H37ClN6O3/c1-36-26(32)21(13-23(28)30)22(11-12-37-16-17-5-3-2-4-6-17)33-15-20(14-29)34-27(35)25(31)24(18-7-8-18)19-9-10-19/h2-6,13-15,18-19,22,24-25,30,32H,7-12,16,29,31H2,1H3,(H,34,35)/b20-14+,21-13-,30-23?,32-26?,33-15?. The number of ether oxygens (including phenoxy) is 2. The van der Waals surface area contributed by atoms with Crippen LogP contribution in [-0.4, -0.2) is 49.0 Å². The molecular weight excluding hydrogens is 492 g/mol. The van der Waals surface area contributed by atoms with E-state index in [2.05, 4.69) is 10.3 Å². The molecule has 7 N–H and O–H groups in total. The van der Waals surface area contributed by atoms with E-state index in [1.54, 1.807) is 0 Å². The third-order valence-corrected chi connectivity index (χ3v) is 6.75. The van der Waals surface area contributed by atoms with Crippen molar-refractivity contribution < 1.29 is 14.3 Å². The molecule has 1 aromatic rings. The summed E-state index contributed by atoms with van der Waals surface area (Å²) in [4.78, 5) is 17.5. The van der Waals surface area contributed by atoms with Crippen LogP contribution in [-0.2, 0) is 20.9 Å². The third-order valence-electron chi connectivity index (χ3n) is 6.65. The van der Waals surface area contributed by atoms with Crippen LogP contribution in [0.3, 0.4) is 0 Å². The van der Waals surface area contributed by atoms with Crippen LogP contribution in [0.4, 0.5) is 0 Å². The van der Waals surface area contributed by atoms with Gasteiger partial charge in [-0.3, -0.25) is 20.6 Å². The van der Waals surface area contributed by atoms with Gasteiger partial charge in [-0.2, -0.15) is 0 Å². The number of hydrogen-bond acceptors (Lipinski definition) is 8. The molecule has 0 radical (unpaired) electrons. The molecule has 0 heterocycles. The van der Waals surface area contributed by atoms with Crippen molar-refractivity contribution in [3.63, 3.8) is 0 Å². The van der Waals surface area contributed by atoms with Crippen LogP contribution in [0, 0.1) is 28.6 Å². The van der Waals surface area contributed by atoms with Gasteiger partial charge in [-0.15, -0.1) is 0 Å². The lowest BCUT2D eigenvalue weighted by Crippen LogP contribution is -2.47. The minimum atomic E-state index is -0.631. The number of methoxy groups -OCH3 is 1. The molecule has 2 fully saturated rings. The lowest BCUT2D eigenvalue weighted by molar-refractivity contribution is -0.123. The Morgan fingerprint density at radius 2 is 1.86 bits per heavy atom. The molecule has 200 valence electrons. The van der Waals surface area contributed by atoms with Gasteiger partial charge in [0.2, 0.25) is 11.8 Å². The first-order valence-corrected chi connectivity index (χ1v) is 12.9. The summed E-state index contributed by atoms with van der Waals surface area (Å²) in [5.41, 5.74) is 13.8. The van der Waals surface area contributed by atoms with E-state index in [1.807, 2.05) is 30.3 Å². The molecule has 10 heteroatoms. The summed E-state index contributed by atoms with van der Waals surface area (Å²) >= 11 is 5.81. The van der Waals surface area contributed by atoms with Gasteiger partial charge >= 0.3 is 0 Å². The molecule has 0 bridgehead atoms. The Kier molecular flexibility index (Phi) is 10.9. The first kappa shape index (κ1) is 28.6. The van der Waals surface area contributed by atoms with Crippen molar-refractivity contribution in [3.05, 3.63) is 59.4 Å². The van der Waals surface area contributed by atoms with E-state index < -0.39 is 12.1 Å². The zero-order valence-electron chi connectivity index (χ0n) is 21.2. The van der Waals surface area contributed by atoms with Crippen LogP contribution in [0.2, 0.25) is 0 Å². The maximum Gasteiger partial charge on any atom is 0.241 e. The van der Waals surface area contributed by atoms with Gasteiger partial charge < -0.3 is 26.3 Å². The van der Waals surface area contributed by atoms with Crippen LogP contribution in [0.1, 0.15) is 37.7 Å². The zero-order chi connectivity index (χ0) is 26.8. The predicted octanol–water partition coefficient (Wildman–Crippen LogP) is 3.48. The average Bonchev–Trinajstić information content (AvgIpc) is 3.82. The molecule has 2 aliphatic carbocycles. The van der Waals surface area contributed by atoms with E-state index in [0.29, 0.717) is 42.7 Å². The highest BCUT2D eigenvalue weighted by atomic mass is 35.5. The van der Waals surface area contributed by atoms with Gasteiger partial charge in [0, 0.05) is 24.6 Å². The van der Waals surface area contributed by atoms with Crippen molar-refractivity contribution in [2.45, 2.75) is 50.8 Å². The summed E-state index contributed by atoms with van der Waals surface area (Å²) in [6, 6.07) is 8.54. The number of nitrogens with zero attached hydrogens (tertiary/aromatic N) is 1. The number of carbonyl (C=O) groups excluding carboxylic acids is 1. The van der Waals surface area contributed by atoms with Crippen LogP contribution >= 0.6 is 11.6 Å². The summed E-state index contributed by atoms with van der Waals surface area (Å²) in [7, 11) is 1.36. The molecule has 2 unspecified atom stereocenters. The molecule has 2 saturated carbocycles. The van der Waals surface area contributed by atoms with Crippen LogP contribution in [0.15, 0.2) is 58.9 Å². The number of rotatable bonds is 15. The van der Waals surface area contributed by atoms with E-state index in [1.165, 1.54) is 25.6 Å². The van der Waals surface area contributed by atoms with E-state index in [9.17, 15) is 4.79 Å². The minimum Gasteiger partial charge on any atom is -0.481 e. The van der Waals surface area contributed by atoms with Crippen LogP contribution in [0.25, 0.3) is 0 Å². The second-order valence-corrected chi connectivity index (χ2v) is 9.90. The lowest BCUT2D eigenvalue weighted by Gasteiger charge is -2.23. The Bertz CT molecular complexity index is 1020. The van der Waals surface area contributed by atoms with Crippen LogP contribution in [0.5, 0.6) is 0 Å². The van der Waals surface area contributed by atoms with Gasteiger partial charge in [0.05, 0.1) is 31.5 Å². The van der Waals surface area contributed by atoms with Gasteiger partial charge in [0.1, 0.15) is 5.17 Å². The quantitative estimate of drug-likeness (QED) is 0.134. The van der Waals surface area contributed by atoms with Gasteiger partial charge in [0.25, 0.3) is 0 Å². The highest BCUT2D eigenvalue weighted by molar-refractivity contribution is 6.67. The number of nitrogens with two attached hydrogens (primary N) is 2. The fraction of sp³-hybridized carbons (Fsp3) is 0.481. The van der Waals surface area contributed by atoms with Gasteiger partial charge in [0.15, 0.2) is 0 Å². The smallest absolute Gasteiger partial charge is 0.241 e. The normalized spacial score (nSPS) is 18.1. The Labute approximate surface area is 223 Å². The molecule has 3 rings (SSSR count). The van der Waals surface area contributed by atoms with Gasteiger partial charge in [-0.05, 0) is 61.5 Å². The average molecular weight is 529 g/mol. The van der Waals surface area contributed by atoms with Crippen molar-refractivity contribution >= 4 is 34.8 Å². The molecule has 0 aliphatic heterocycles. The fourth-order valence-electron chi connectivity index (χ4n) is 4.46. The minimum absolute atomic E-state index is 0.170. The molecule has 0 spiro atoms. The first-order valence-electron chi connectivity index (χ1n) is 12.6. The second kappa shape index (κ2) is 14.1. The lowest BCUT2D eigenvalue weighted by atomic mass is 9.89. The fourth-order valence-corrected chi connectivity index (χ4v) is 4.58. The number of nitrogens with one attached hydrogen (secondary N) is 3. The SMILES string of the molecule is COC(=N)/C(=C\C(=N)Cl)C(CCOCc1ccccc1)N=C/C(=C\N)NC(=O)C(N)C(C1CC1)C1CC1. The number of hydrogen-bond donors (Lipinski definition) is 5. The monoisotopic (exact) mass is 528 g/mol. The second-order valence-electron chi connectivity index (χ2n) is 9.49. The summed E-state index contributed by atoms with van der Waals surface area (Å²) in [6.45, 7) is 0.749. The van der Waals surface area contributed by atoms with Gasteiger partial charge in [-0.1, -0.05) is 41.9 Å². The zero-order valence-corrected chi connectivity index (χ0v) is 21.9. The molecule has 0 aromatic heterocycles. The Hall–Kier alpha value is -3.01. The van der Waals surface area contributed by atoms with Crippen molar-refractivity contribution in [3.8, 4) is 0 Å². The number of halogens is 1. The van der Waals surface area contributed by atoms with E-state index in [-0.39, 0.29) is 22.9 Å². The van der Waals surface area contributed by atoms with E-state index in [0.717, 1.165) is 31.2 Å². The Morgan fingerprint density at radius 1 is 1.22 bits per heavy atom. The molecular formula is C27H37ClN6O3. The molecule has 2 atom stereocenters. The number of benzene rings is 1. The molecule has 2 aliphatic rings. The molecule has 37 heavy (non-hydrogen) atoms. The largest absolute Gasteiger partial charge is 0.481 e. The van der Waals surface area contributed by atoms with Crippen molar-refractivity contribution in [2.75, 3.05) is 13.7 Å². The van der Waals surface area contributed by atoms with Crippen molar-refractivity contribution in [1.29, 1.82) is 10.8 Å². The van der Waals surface area contributed by atoms with Crippen molar-refractivity contribution in [2.24, 2.45) is 34.2 Å². The molecule has 1 amide bonds. The third kappa shape index (κ3) is 9.10. The Balaban J connectivity index is 1.68. The van der Waals surface area contributed by atoms with Crippen LogP contribution < -0.4 is 16.8 Å². The number of allylic oxidation sites excluding steroid dienone is 2. The number of amides is 1. The highest BCUT2D eigenvalue weighted by Crippen LogP contribution is 2.50. The van der Waals surface area contributed by atoms with E-state index in [4.69, 9.17) is 43.4 Å². The summed E-state index contributed by atoms with van der Waals surface area (Å²) in [5.74, 6) is 0.823. The molecule has 9 nitrogen and oxygen atoms in total. The molecule has 1 aromatic carbocycles. The summed E-state index contributed by atoms with van der Waals surface area (Å²) in [6.07, 6.45) is 8.92. The number of carbonyl (C=O) groups is 1. The highest BCUT2D eigenvalue weighted by Gasteiger charge is 2.46. The number of aliphatic imine (C=N–C) groups is 1. The molecule has 0 saturated heterocycles. The predicted molar refractivity (Wildman–Crippen MR) is 147 cm³/mol. The Morgan fingerprint density at radius 3 is 2.41 bits per heavy atom.